The Morgan fingerprint density at radius 2 is 1.63 bits per heavy atom. The Labute approximate surface area is 304 Å². The lowest BCUT2D eigenvalue weighted by Gasteiger charge is -2.35. The first kappa shape index (κ1) is 36.8. The van der Waals surface area contributed by atoms with E-state index in [-0.39, 0.29) is 29.4 Å². The first-order valence-electron chi connectivity index (χ1n) is 17.5. The van der Waals surface area contributed by atoms with Crippen molar-refractivity contribution in [3.05, 3.63) is 95.9 Å². The van der Waals surface area contributed by atoms with Gasteiger partial charge in [-0.1, -0.05) is 63.2 Å². The number of alkyl carbamates (subject to hydrolysis) is 1. The van der Waals surface area contributed by atoms with Gasteiger partial charge >= 0.3 is 6.09 Å². The number of benzene rings is 3. The molecule has 0 aliphatic carbocycles. The van der Waals surface area contributed by atoms with Gasteiger partial charge in [-0.05, 0) is 65.3 Å². The zero-order valence-corrected chi connectivity index (χ0v) is 30.8. The number of imidazole rings is 1. The Morgan fingerprint density at radius 1 is 0.942 bits per heavy atom. The highest BCUT2D eigenvalue weighted by molar-refractivity contribution is 7.91. The highest BCUT2D eigenvalue weighted by Gasteiger charge is 2.41. The number of nitrogens with zero attached hydrogens (tertiary/aromatic N) is 3. The minimum Gasteiger partial charge on any atom is -0.453 e. The second kappa shape index (κ2) is 15.3. The van der Waals surface area contributed by atoms with Crippen LogP contribution in [-0.2, 0) is 25.9 Å². The van der Waals surface area contributed by atoms with Gasteiger partial charge in [-0.25, -0.2) is 18.2 Å². The maximum atomic E-state index is 13.7. The molecule has 0 bridgehead atoms. The van der Waals surface area contributed by atoms with E-state index in [0.29, 0.717) is 43.3 Å². The van der Waals surface area contributed by atoms with Crippen molar-refractivity contribution in [3.63, 3.8) is 0 Å². The Bertz CT molecular complexity index is 2010. The van der Waals surface area contributed by atoms with Crippen LogP contribution in [0.4, 0.5) is 10.5 Å². The number of likely N-dealkylation sites (tertiary alicyclic amines) is 1. The van der Waals surface area contributed by atoms with Crippen LogP contribution in [0.5, 0.6) is 0 Å². The van der Waals surface area contributed by atoms with Gasteiger partial charge in [0.2, 0.25) is 5.91 Å². The normalized spacial score (nSPS) is 18.1. The molecular formula is C39H46N6O6S. The number of anilines is 1. The quantitative estimate of drug-likeness (QED) is 0.200. The van der Waals surface area contributed by atoms with Crippen LogP contribution in [0.2, 0.25) is 0 Å². The standard InChI is InChI=1S/C39H46N6O6S/c1-39(2,3)34(43-38(48)51-4)37(47)45-18-6-9-33(45)35-40-24-32(42-35)30-8-5-7-29(23-30)27-12-14-28(15-13-27)36(46)41-31-16-10-26(11-17-31)25-44-19-21-52(49,50)22-20-44/h5,7-8,10-17,23-24,33-34H,6,9,18-22,25H2,1-4H3,(H,40,42)(H,41,46)(H,43,48)/t33-,34-/m0/s1. The molecule has 2 fully saturated rings. The number of carbonyl (C=O) groups excluding carboxylic acids is 3. The Balaban J connectivity index is 1.09. The zero-order valence-electron chi connectivity index (χ0n) is 30.0. The molecule has 0 spiro atoms. The fourth-order valence-electron chi connectivity index (χ4n) is 6.70. The molecule has 52 heavy (non-hydrogen) atoms. The van der Waals surface area contributed by atoms with E-state index in [0.717, 1.165) is 40.8 Å². The smallest absolute Gasteiger partial charge is 0.407 e. The zero-order chi connectivity index (χ0) is 37.0. The molecule has 2 atom stereocenters. The summed E-state index contributed by atoms with van der Waals surface area (Å²) in [7, 11) is -1.63. The number of hydrogen-bond donors (Lipinski definition) is 3. The summed E-state index contributed by atoms with van der Waals surface area (Å²) in [6.07, 6.45) is 2.72. The van der Waals surface area contributed by atoms with Gasteiger partial charge in [0.05, 0.1) is 36.5 Å². The first-order chi connectivity index (χ1) is 24.8. The van der Waals surface area contributed by atoms with Crippen molar-refractivity contribution in [2.75, 3.05) is 43.6 Å². The molecule has 2 aliphatic heterocycles. The van der Waals surface area contributed by atoms with E-state index in [1.54, 1.807) is 23.2 Å². The lowest BCUT2D eigenvalue weighted by Crippen LogP contribution is -2.54. The highest BCUT2D eigenvalue weighted by atomic mass is 32.2. The number of methoxy groups -OCH3 is 1. The predicted molar refractivity (Wildman–Crippen MR) is 200 cm³/mol. The van der Waals surface area contributed by atoms with Gasteiger partial charge in [0.25, 0.3) is 5.91 Å². The molecule has 4 aromatic rings. The molecule has 2 aliphatic rings. The molecule has 0 radical (unpaired) electrons. The van der Waals surface area contributed by atoms with Gasteiger partial charge in [0.15, 0.2) is 9.84 Å². The highest BCUT2D eigenvalue weighted by Crippen LogP contribution is 2.35. The number of aromatic amines is 1. The summed E-state index contributed by atoms with van der Waals surface area (Å²) in [4.78, 5) is 50.9. The van der Waals surface area contributed by atoms with Crippen LogP contribution in [-0.4, -0.2) is 90.4 Å². The van der Waals surface area contributed by atoms with Crippen molar-refractivity contribution >= 4 is 33.4 Å². The molecule has 0 saturated carbocycles. The minimum absolute atomic E-state index is 0.165. The third kappa shape index (κ3) is 8.71. The van der Waals surface area contributed by atoms with Crippen molar-refractivity contribution in [2.24, 2.45) is 5.41 Å². The number of sulfone groups is 1. The number of nitrogens with one attached hydrogen (secondary N) is 3. The number of carbonyl (C=O) groups is 3. The fraction of sp³-hybridized carbons (Fsp3) is 0.385. The van der Waals surface area contributed by atoms with Crippen LogP contribution in [0.3, 0.4) is 0 Å². The van der Waals surface area contributed by atoms with Crippen molar-refractivity contribution in [3.8, 4) is 22.4 Å². The number of H-pyrrole nitrogens is 1. The monoisotopic (exact) mass is 726 g/mol. The van der Waals surface area contributed by atoms with Gasteiger partial charge in [-0.2, -0.15) is 0 Å². The fourth-order valence-corrected chi connectivity index (χ4v) is 7.98. The lowest BCUT2D eigenvalue weighted by atomic mass is 9.85. The van der Waals surface area contributed by atoms with Crippen molar-refractivity contribution in [2.45, 2.75) is 52.2 Å². The number of rotatable bonds is 9. The van der Waals surface area contributed by atoms with Crippen LogP contribution in [0, 0.1) is 5.41 Å². The second-order valence-electron chi connectivity index (χ2n) is 14.5. The van der Waals surface area contributed by atoms with E-state index in [1.807, 2.05) is 75.4 Å². The topological polar surface area (TPSA) is 154 Å². The molecular weight excluding hydrogens is 681 g/mol. The third-order valence-corrected chi connectivity index (χ3v) is 11.3. The molecule has 6 rings (SSSR count). The van der Waals surface area contributed by atoms with Gasteiger partial charge in [-0.15, -0.1) is 0 Å². The molecule has 3 N–H and O–H groups in total. The average Bonchev–Trinajstić information content (AvgIpc) is 3.82. The van der Waals surface area contributed by atoms with E-state index in [9.17, 15) is 22.8 Å². The van der Waals surface area contributed by atoms with Crippen LogP contribution in [0.15, 0.2) is 79.0 Å². The maximum absolute atomic E-state index is 13.7. The summed E-state index contributed by atoms with van der Waals surface area (Å²) in [6, 6.07) is 22.1. The van der Waals surface area contributed by atoms with Crippen molar-refractivity contribution in [1.82, 2.24) is 25.1 Å². The summed E-state index contributed by atoms with van der Waals surface area (Å²) >= 11 is 0. The molecule has 0 unspecified atom stereocenters. The van der Waals surface area contributed by atoms with E-state index < -0.39 is 27.4 Å². The predicted octanol–water partition coefficient (Wildman–Crippen LogP) is 5.66. The van der Waals surface area contributed by atoms with E-state index in [1.165, 1.54) is 7.11 Å². The molecule has 2 saturated heterocycles. The molecule has 3 amide bonds. The maximum Gasteiger partial charge on any atom is 0.407 e. The summed E-state index contributed by atoms with van der Waals surface area (Å²) in [5.41, 5.74) is 5.43. The van der Waals surface area contributed by atoms with Gasteiger partial charge in [-0.3, -0.25) is 14.5 Å². The largest absolute Gasteiger partial charge is 0.453 e. The average molecular weight is 727 g/mol. The molecule has 1 aromatic heterocycles. The SMILES string of the molecule is COC(=O)N[C@@H](C(=O)N1CCC[C@H]1c1ncc(-c2cccc(-c3ccc(C(=O)Nc4ccc(CN5CCS(=O)(=O)CC5)cc4)cc3)c2)[nH]1)C(C)(C)C. The molecule has 3 heterocycles. The second-order valence-corrected chi connectivity index (χ2v) is 16.8. The Kier molecular flexibility index (Phi) is 10.8. The number of amides is 3. The van der Waals surface area contributed by atoms with E-state index >= 15 is 0 Å². The summed E-state index contributed by atoms with van der Waals surface area (Å²) in [6.45, 7) is 8.04. The first-order valence-corrected chi connectivity index (χ1v) is 19.4. The number of ether oxygens (including phenoxy) is 1. The van der Waals surface area contributed by atoms with Gasteiger partial charge < -0.3 is 25.3 Å². The number of aromatic nitrogens is 2. The van der Waals surface area contributed by atoms with Crippen LogP contribution < -0.4 is 10.6 Å². The lowest BCUT2D eigenvalue weighted by molar-refractivity contribution is -0.137. The van der Waals surface area contributed by atoms with Crippen molar-refractivity contribution < 1.29 is 27.5 Å². The Hall–Kier alpha value is -5.01. The van der Waals surface area contributed by atoms with Crippen LogP contribution >= 0.6 is 0 Å². The van der Waals surface area contributed by atoms with Crippen molar-refractivity contribution in [1.29, 1.82) is 0 Å². The molecule has 12 nitrogen and oxygen atoms in total. The molecule has 3 aromatic carbocycles. The summed E-state index contributed by atoms with van der Waals surface area (Å²) in [5.74, 6) is 0.704. The summed E-state index contributed by atoms with van der Waals surface area (Å²) in [5, 5.41) is 5.68. The third-order valence-electron chi connectivity index (χ3n) is 9.72. The molecule has 274 valence electrons. The van der Waals surface area contributed by atoms with E-state index in [2.05, 4.69) is 31.6 Å². The Morgan fingerprint density at radius 3 is 2.31 bits per heavy atom. The van der Waals surface area contributed by atoms with Crippen LogP contribution in [0.1, 0.15) is 61.4 Å². The van der Waals surface area contributed by atoms with Gasteiger partial charge in [0.1, 0.15) is 11.9 Å². The molecule has 13 heteroatoms. The van der Waals surface area contributed by atoms with E-state index in [4.69, 9.17) is 4.74 Å². The minimum atomic E-state index is -2.91. The summed E-state index contributed by atoms with van der Waals surface area (Å²) < 4.78 is 28.2. The van der Waals surface area contributed by atoms with Gasteiger partial charge in [0, 0.05) is 43.0 Å². The number of hydrogen-bond acceptors (Lipinski definition) is 8. The van der Waals surface area contributed by atoms with Crippen LogP contribution in [0.25, 0.3) is 22.4 Å².